The normalized spacial score (nSPS) is 11.3. The molecular weight excluding hydrogens is 489 g/mol. The number of rotatable bonds is 2. The van der Waals surface area contributed by atoms with Crippen LogP contribution in [0.4, 0.5) is 0 Å². The maximum Gasteiger partial charge on any atom is 0.330 e. The molecule has 0 aliphatic rings. The Bertz CT molecular complexity index is 1350. The van der Waals surface area contributed by atoms with Crippen molar-refractivity contribution in [3.05, 3.63) is 83.7 Å². The van der Waals surface area contributed by atoms with E-state index in [4.69, 9.17) is 11.6 Å². The van der Waals surface area contributed by atoms with E-state index < -0.39 is 0 Å². The average molecular weight is 506 g/mol. The minimum absolute atomic E-state index is 0.315. The summed E-state index contributed by atoms with van der Waals surface area (Å²) in [6, 6.07) is 13.5. The lowest BCUT2D eigenvalue weighted by Crippen LogP contribution is -2.36. The van der Waals surface area contributed by atoms with Gasteiger partial charge in [0.05, 0.1) is 16.6 Å². The van der Waals surface area contributed by atoms with E-state index in [2.05, 4.69) is 28.7 Å². The van der Waals surface area contributed by atoms with Crippen LogP contribution in [0.15, 0.2) is 58.3 Å². The minimum atomic E-state index is -0.350. The summed E-state index contributed by atoms with van der Waals surface area (Å²) in [5.74, 6) is 0. The van der Waals surface area contributed by atoms with Crippen LogP contribution in [-0.2, 0) is 14.1 Å². The molecule has 0 N–H and O–H groups in total. The van der Waals surface area contributed by atoms with Crippen molar-refractivity contribution in [1.82, 2.24) is 13.7 Å². The highest BCUT2D eigenvalue weighted by Gasteiger charge is 2.20. The minimum Gasteiger partial charge on any atom is -0.313 e. The standard InChI is InChI=1S/C21H17ClIN3O2/c1-12-10-15(23)8-9-16(12)26-11-17-18(20(27)25(3)21(28)24(17)2)19(26)13-4-6-14(22)7-5-13/h4-11H,1-3H3. The van der Waals surface area contributed by atoms with Crippen molar-refractivity contribution in [2.24, 2.45) is 14.1 Å². The van der Waals surface area contributed by atoms with Crippen LogP contribution in [0, 0.1) is 10.5 Å². The van der Waals surface area contributed by atoms with Gasteiger partial charge >= 0.3 is 5.69 Å². The topological polar surface area (TPSA) is 48.9 Å². The van der Waals surface area contributed by atoms with Gasteiger partial charge in [-0.1, -0.05) is 23.7 Å². The molecular formula is C21H17ClIN3O2. The zero-order chi connectivity index (χ0) is 20.2. The fourth-order valence-electron chi connectivity index (χ4n) is 3.51. The zero-order valence-electron chi connectivity index (χ0n) is 15.5. The predicted octanol–water partition coefficient (Wildman–Crippen LogP) is 4.26. The molecule has 2 heterocycles. The van der Waals surface area contributed by atoms with E-state index in [9.17, 15) is 9.59 Å². The van der Waals surface area contributed by atoms with Crippen molar-refractivity contribution < 1.29 is 0 Å². The molecule has 0 spiro atoms. The summed E-state index contributed by atoms with van der Waals surface area (Å²) < 4.78 is 5.77. The van der Waals surface area contributed by atoms with E-state index in [0.29, 0.717) is 15.9 Å². The number of benzene rings is 2. The summed E-state index contributed by atoms with van der Waals surface area (Å²) in [5, 5.41) is 1.13. The van der Waals surface area contributed by atoms with Gasteiger partial charge in [-0.05, 0) is 71.0 Å². The Morgan fingerprint density at radius 2 is 1.64 bits per heavy atom. The second-order valence-corrected chi connectivity index (χ2v) is 8.43. The number of halogens is 2. The van der Waals surface area contributed by atoms with Gasteiger partial charge in [0.15, 0.2) is 0 Å². The Morgan fingerprint density at radius 1 is 0.964 bits per heavy atom. The fourth-order valence-corrected chi connectivity index (χ4v) is 4.28. The smallest absolute Gasteiger partial charge is 0.313 e. The van der Waals surface area contributed by atoms with Crippen LogP contribution in [0.5, 0.6) is 0 Å². The quantitative estimate of drug-likeness (QED) is 0.382. The van der Waals surface area contributed by atoms with Crippen molar-refractivity contribution >= 4 is 45.1 Å². The maximum absolute atomic E-state index is 13.1. The third-order valence-electron chi connectivity index (χ3n) is 4.97. The molecule has 0 bridgehead atoms. The molecule has 5 nitrogen and oxygen atoms in total. The van der Waals surface area contributed by atoms with Crippen LogP contribution in [0.2, 0.25) is 5.02 Å². The number of hydrogen-bond acceptors (Lipinski definition) is 2. The molecule has 0 radical (unpaired) electrons. The Labute approximate surface area is 179 Å². The lowest BCUT2D eigenvalue weighted by molar-refractivity contribution is 0.714. The van der Waals surface area contributed by atoms with E-state index in [0.717, 1.165) is 30.6 Å². The van der Waals surface area contributed by atoms with E-state index in [-0.39, 0.29) is 11.2 Å². The summed E-state index contributed by atoms with van der Waals surface area (Å²) in [6.45, 7) is 2.03. The van der Waals surface area contributed by atoms with Gasteiger partial charge in [-0.15, -0.1) is 0 Å². The molecule has 2 aromatic heterocycles. The molecule has 0 saturated carbocycles. The monoisotopic (exact) mass is 505 g/mol. The van der Waals surface area contributed by atoms with E-state index in [1.165, 1.54) is 11.6 Å². The highest BCUT2D eigenvalue weighted by molar-refractivity contribution is 14.1. The third kappa shape index (κ3) is 2.91. The molecule has 0 saturated heterocycles. The first-order valence-electron chi connectivity index (χ1n) is 8.63. The highest BCUT2D eigenvalue weighted by atomic mass is 127. The summed E-state index contributed by atoms with van der Waals surface area (Å²) in [6.07, 6.45) is 1.86. The Balaban J connectivity index is 2.21. The van der Waals surface area contributed by atoms with Crippen LogP contribution < -0.4 is 11.2 Å². The van der Waals surface area contributed by atoms with Gasteiger partial charge in [0.1, 0.15) is 0 Å². The third-order valence-corrected chi connectivity index (χ3v) is 5.90. The summed E-state index contributed by atoms with van der Waals surface area (Å²) in [7, 11) is 3.18. The molecule has 4 rings (SSSR count). The average Bonchev–Trinajstić information content (AvgIpc) is 3.05. The van der Waals surface area contributed by atoms with Crippen LogP contribution in [0.3, 0.4) is 0 Å². The second kappa shape index (κ2) is 6.93. The van der Waals surface area contributed by atoms with Crippen LogP contribution >= 0.6 is 34.2 Å². The molecule has 0 aliphatic carbocycles. The highest BCUT2D eigenvalue weighted by Crippen LogP contribution is 2.32. The molecule has 7 heteroatoms. The molecule has 28 heavy (non-hydrogen) atoms. The van der Waals surface area contributed by atoms with Gasteiger partial charge in [0, 0.05) is 34.6 Å². The van der Waals surface area contributed by atoms with Crippen LogP contribution in [0.1, 0.15) is 5.56 Å². The van der Waals surface area contributed by atoms with Gasteiger partial charge in [-0.25, -0.2) is 4.79 Å². The van der Waals surface area contributed by atoms with Crippen molar-refractivity contribution in [2.75, 3.05) is 0 Å². The predicted molar refractivity (Wildman–Crippen MR) is 122 cm³/mol. The number of hydrogen-bond donors (Lipinski definition) is 0. The van der Waals surface area contributed by atoms with Gasteiger partial charge < -0.3 is 4.57 Å². The van der Waals surface area contributed by atoms with Crippen LogP contribution in [0.25, 0.3) is 27.8 Å². The second-order valence-electron chi connectivity index (χ2n) is 6.75. The van der Waals surface area contributed by atoms with Crippen molar-refractivity contribution in [1.29, 1.82) is 0 Å². The summed E-state index contributed by atoms with van der Waals surface area (Å²) in [4.78, 5) is 25.5. The van der Waals surface area contributed by atoms with Gasteiger partial charge in [0.2, 0.25) is 0 Å². The van der Waals surface area contributed by atoms with E-state index >= 15 is 0 Å². The number of aryl methyl sites for hydroxylation is 2. The molecule has 0 aliphatic heterocycles. The first-order valence-corrected chi connectivity index (χ1v) is 10.1. The zero-order valence-corrected chi connectivity index (χ0v) is 18.4. The SMILES string of the molecule is Cc1cc(I)ccc1-n1cc2c(c1-c1ccc(Cl)cc1)c(=O)n(C)c(=O)n2C. The largest absolute Gasteiger partial charge is 0.330 e. The summed E-state index contributed by atoms with van der Waals surface area (Å²) in [5.41, 5.74) is 3.55. The number of fused-ring (bicyclic) bond motifs is 1. The van der Waals surface area contributed by atoms with Crippen molar-refractivity contribution in [3.63, 3.8) is 0 Å². The Kier molecular flexibility index (Phi) is 4.71. The number of nitrogens with zero attached hydrogens (tertiary/aromatic N) is 3. The van der Waals surface area contributed by atoms with E-state index in [1.54, 1.807) is 19.2 Å². The Hall–Kier alpha value is -2.32. The van der Waals surface area contributed by atoms with Crippen LogP contribution in [-0.4, -0.2) is 13.7 Å². The van der Waals surface area contributed by atoms with Crippen molar-refractivity contribution in [3.8, 4) is 16.9 Å². The molecule has 4 aromatic rings. The van der Waals surface area contributed by atoms with Gasteiger partial charge in [0.25, 0.3) is 5.56 Å². The van der Waals surface area contributed by atoms with Crippen molar-refractivity contribution in [2.45, 2.75) is 6.92 Å². The maximum atomic E-state index is 13.1. The lowest BCUT2D eigenvalue weighted by atomic mass is 10.1. The summed E-state index contributed by atoms with van der Waals surface area (Å²) >= 11 is 8.35. The molecule has 0 unspecified atom stereocenters. The molecule has 0 fully saturated rings. The lowest BCUT2D eigenvalue weighted by Gasteiger charge is -2.13. The molecule has 0 atom stereocenters. The first kappa shape index (κ1) is 19.0. The molecule has 142 valence electrons. The fraction of sp³-hybridized carbons (Fsp3) is 0.143. The Morgan fingerprint density at radius 3 is 2.29 bits per heavy atom. The molecule has 0 amide bonds. The molecule has 2 aromatic carbocycles. The van der Waals surface area contributed by atoms with Gasteiger partial charge in [-0.3, -0.25) is 13.9 Å². The first-order chi connectivity index (χ1) is 13.3. The van der Waals surface area contributed by atoms with E-state index in [1.807, 2.05) is 42.0 Å². The van der Waals surface area contributed by atoms with Gasteiger partial charge in [-0.2, -0.15) is 0 Å². The number of aromatic nitrogens is 3.